The average molecular weight is 364 g/mol. The van der Waals surface area contributed by atoms with Gasteiger partial charge < -0.3 is 4.84 Å². The number of rotatable bonds is 6. The Labute approximate surface area is 156 Å². The van der Waals surface area contributed by atoms with Gasteiger partial charge in [-0.05, 0) is 25.5 Å². The highest BCUT2D eigenvalue weighted by molar-refractivity contribution is 5.98. The van der Waals surface area contributed by atoms with Crippen LogP contribution < -0.4 is 5.69 Å². The molecule has 0 unspecified atom stereocenters. The molecule has 0 aliphatic rings. The first-order valence-corrected chi connectivity index (χ1v) is 8.44. The van der Waals surface area contributed by atoms with Crippen LogP contribution in [-0.4, -0.2) is 26.3 Å². The van der Waals surface area contributed by atoms with E-state index < -0.39 is 5.69 Å². The summed E-state index contributed by atoms with van der Waals surface area (Å²) < 4.78 is 2.39. The fourth-order valence-electron chi connectivity index (χ4n) is 2.76. The van der Waals surface area contributed by atoms with Crippen LogP contribution >= 0.6 is 0 Å². The van der Waals surface area contributed by atoms with E-state index in [-0.39, 0.29) is 12.4 Å². The minimum Gasteiger partial charge on any atom is -0.391 e. The van der Waals surface area contributed by atoms with Crippen LogP contribution in [-0.2, 0) is 18.5 Å². The van der Waals surface area contributed by atoms with Gasteiger partial charge in [-0.2, -0.15) is 0 Å². The second kappa shape index (κ2) is 7.82. The first-order valence-electron chi connectivity index (χ1n) is 8.44. The minimum absolute atomic E-state index is 0.0365. The lowest BCUT2D eigenvalue weighted by Crippen LogP contribution is -2.23. The predicted octanol–water partition coefficient (Wildman–Crippen LogP) is 2.63. The topological polar surface area (TPSA) is 78.5 Å². The highest BCUT2D eigenvalue weighted by Crippen LogP contribution is 2.15. The monoisotopic (exact) mass is 364 g/mol. The van der Waals surface area contributed by atoms with Crippen LogP contribution in [0.15, 0.2) is 58.5 Å². The number of aldehydes is 1. The van der Waals surface area contributed by atoms with Crippen molar-refractivity contribution in [2.75, 3.05) is 0 Å². The average Bonchev–Trinajstić information content (AvgIpc) is 2.96. The third-order valence-corrected chi connectivity index (χ3v) is 4.14. The maximum Gasteiger partial charge on any atom is 0.350 e. The zero-order valence-electron chi connectivity index (χ0n) is 15.4. The van der Waals surface area contributed by atoms with Crippen LogP contribution in [0.1, 0.15) is 34.2 Å². The number of oxime groups is 1. The van der Waals surface area contributed by atoms with Gasteiger partial charge in [0.25, 0.3) is 0 Å². The molecular formula is C20H20N4O3. The zero-order valence-corrected chi connectivity index (χ0v) is 15.4. The van der Waals surface area contributed by atoms with E-state index in [0.717, 1.165) is 27.1 Å². The number of carbonyl (C=O) groups excluding carboxylic acids is 1. The Bertz CT molecular complexity index is 1060. The first-order chi connectivity index (χ1) is 13.0. The molecule has 0 saturated carbocycles. The summed E-state index contributed by atoms with van der Waals surface area (Å²) >= 11 is 0. The molecule has 7 heteroatoms. The van der Waals surface area contributed by atoms with Gasteiger partial charge in [0.2, 0.25) is 5.82 Å². The quantitative estimate of drug-likeness (QED) is 0.383. The molecular weight excluding hydrogens is 344 g/mol. The molecule has 1 heterocycles. The van der Waals surface area contributed by atoms with E-state index in [1.54, 1.807) is 12.1 Å². The Hall–Kier alpha value is -3.48. The maximum absolute atomic E-state index is 12.3. The van der Waals surface area contributed by atoms with E-state index >= 15 is 0 Å². The lowest BCUT2D eigenvalue weighted by Gasteiger charge is -2.09. The standard InChI is InChI=1S/C20H20N4O3/c1-14-7-6-9-16(11-14)15(2)22-27-13-17-8-4-5-10-18(17)24-19(12-25)21-23(3)20(24)26/h4-12H,13H2,1-3H3/b22-15-. The molecule has 0 bridgehead atoms. The Morgan fingerprint density at radius 2 is 2.00 bits per heavy atom. The molecule has 0 aliphatic carbocycles. The molecule has 0 N–H and O–H groups in total. The minimum atomic E-state index is -0.399. The van der Waals surface area contributed by atoms with E-state index in [1.165, 1.54) is 11.6 Å². The van der Waals surface area contributed by atoms with E-state index in [2.05, 4.69) is 10.3 Å². The van der Waals surface area contributed by atoms with Crippen LogP contribution in [0.5, 0.6) is 0 Å². The molecule has 0 aliphatic heterocycles. The Morgan fingerprint density at radius 1 is 1.22 bits per heavy atom. The molecule has 138 valence electrons. The maximum atomic E-state index is 12.3. The smallest absolute Gasteiger partial charge is 0.350 e. The fourth-order valence-corrected chi connectivity index (χ4v) is 2.76. The van der Waals surface area contributed by atoms with Crippen LogP contribution in [0.3, 0.4) is 0 Å². The van der Waals surface area contributed by atoms with E-state index in [9.17, 15) is 9.59 Å². The highest BCUT2D eigenvalue weighted by Gasteiger charge is 2.15. The van der Waals surface area contributed by atoms with Gasteiger partial charge in [-0.3, -0.25) is 4.79 Å². The number of hydrogen-bond acceptors (Lipinski definition) is 5. The Balaban J connectivity index is 1.87. The third-order valence-electron chi connectivity index (χ3n) is 4.14. The summed E-state index contributed by atoms with van der Waals surface area (Å²) in [4.78, 5) is 29.1. The van der Waals surface area contributed by atoms with Gasteiger partial charge in [0, 0.05) is 12.6 Å². The van der Waals surface area contributed by atoms with Crippen LogP contribution in [0.4, 0.5) is 0 Å². The number of hydrogen-bond donors (Lipinski definition) is 0. The summed E-state index contributed by atoms with van der Waals surface area (Å²) in [6.07, 6.45) is 0.555. The van der Waals surface area contributed by atoms with Gasteiger partial charge in [-0.25, -0.2) is 14.0 Å². The second-order valence-electron chi connectivity index (χ2n) is 6.17. The van der Waals surface area contributed by atoms with Gasteiger partial charge in [0.05, 0.1) is 11.4 Å². The van der Waals surface area contributed by atoms with Crippen molar-refractivity contribution in [1.82, 2.24) is 14.3 Å². The van der Waals surface area contributed by atoms with Gasteiger partial charge in [0.15, 0.2) is 6.29 Å². The molecule has 2 aromatic carbocycles. The summed E-state index contributed by atoms with van der Waals surface area (Å²) in [5.41, 5.74) is 3.74. The summed E-state index contributed by atoms with van der Waals surface area (Å²) in [6.45, 7) is 4.04. The van der Waals surface area contributed by atoms with Crippen molar-refractivity contribution in [3.63, 3.8) is 0 Å². The molecule has 0 saturated heterocycles. The molecule has 0 spiro atoms. The van der Waals surface area contributed by atoms with Crippen molar-refractivity contribution in [3.8, 4) is 5.69 Å². The molecule has 0 radical (unpaired) electrons. The summed E-state index contributed by atoms with van der Waals surface area (Å²) in [7, 11) is 1.50. The van der Waals surface area contributed by atoms with E-state index in [4.69, 9.17) is 4.84 Å². The molecule has 3 aromatic rings. The molecule has 3 rings (SSSR count). The van der Waals surface area contributed by atoms with Crippen molar-refractivity contribution < 1.29 is 9.63 Å². The van der Waals surface area contributed by atoms with Crippen LogP contribution in [0.25, 0.3) is 5.69 Å². The lowest BCUT2D eigenvalue weighted by molar-refractivity contribution is 0.111. The lowest BCUT2D eigenvalue weighted by atomic mass is 10.1. The third kappa shape index (κ3) is 3.87. The van der Waals surface area contributed by atoms with Crippen molar-refractivity contribution in [2.24, 2.45) is 12.2 Å². The number of carbonyl (C=O) groups is 1. The van der Waals surface area contributed by atoms with Crippen molar-refractivity contribution in [2.45, 2.75) is 20.5 Å². The summed E-state index contributed by atoms with van der Waals surface area (Å²) in [6, 6.07) is 15.2. The number of para-hydroxylation sites is 1. The molecule has 7 nitrogen and oxygen atoms in total. The fraction of sp³-hybridized carbons (Fsp3) is 0.200. The van der Waals surface area contributed by atoms with Gasteiger partial charge in [-0.1, -0.05) is 53.2 Å². The second-order valence-corrected chi connectivity index (χ2v) is 6.17. The number of benzene rings is 2. The van der Waals surface area contributed by atoms with Gasteiger partial charge in [-0.15, -0.1) is 5.10 Å². The van der Waals surface area contributed by atoms with Crippen molar-refractivity contribution in [3.05, 3.63) is 81.5 Å². The van der Waals surface area contributed by atoms with E-state index in [1.807, 2.05) is 50.2 Å². The Kier molecular flexibility index (Phi) is 5.30. The SMILES string of the molecule is C/C(=N/OCc1ccccc1-n1c(C=O)nn(C)c1=O)c1cccc(C)c1. The van der Waals surface area contributed by atoms with Crippen LogP contribution in [0, 0.1) is 6.92 Å². The predicted molar refractivity (Wildman–Crippen MR) is 102 cm³/mol. The summed E-state index contributed by atoms with van der Waals surface area (Å²) in [5.74, 6) is 0.0365. The van der Waals surface area contributed by atoms with Crippen molar-refractivity contribution in [1.29, 1.82) is 0 Å². The van der Waals surface area contributed by atoms with Crippen LogP contribution in [0.2, 0.25) is 0 Å². The normalized spacial score (nSPS) is 11.4. The molecule has 0 amide bonds. The molecule has 27 heavy (non-hydrogen) atoms. The van der Waals surface area contributed by atoms with Gasteiger partial charge >= 0.3 is 5.69 Å². The van der Waals surface area contributed by atoms with E-state index in [0.29, 0.717) is 12.0 Å². The molecule has 1 aromatic heterocycles. The molecule has 0 fully saturated rings. The van der Waals surface area contributed by atoms with Crippen molar-refractivity contribution >= 4 is 12.0 Å². The number of aromatic nitrogens is 3. The highest BCUT2D eigenvalue weighted by atomic mass is 16.6. The van der Waals surface area contributed by atoms with Gasteiger partial charge in [0.1, 0.15) is 6.61 Å². The number of aryl methyl sites for hydroxylation is 2. The molecule has 0 atom stereocenters. The Morgan fingerprint density at radius 3 is 2.74 bits per heavy atom. The summed E-state index contributed by atoms with van der Waals surface area (Å²) in [5, 5.41) is 8.11. The first kappa shape index (κ1) is 18.3. The largest absolute Gasteiger partial charge is 0.391 e. The number of nitrogens with zero attached hydrogens (tertiary/aromatic N) is 4. The zero-order chi connectivity index (χ0) is 19.4.